The zero-order valence-electron chi connectivity index (χ0n) is 16.9. The molecular weight excluding hydrogens is 338 g/mol. The molecule has 0 spiro atoms. The monoisotopic (exact) mass is 369 g/mol. The molecule has 0 aliphatic rings. The summed E-state index contributed by atoms with van der Waals surface area (Å²) in [5.74, 6) is 1.76. The first kappa shape index (κ1) is 22.4. The SMILES string of the molecule is CC(=O)c1ccc(C#N)cc1.CCCC(CCC(C)CC)c1cc(N)on1. The number of benzene rings is 1. The summed E-state index contributed by atoms with van der Waals surface area (Å²) in [6, 6.07) is 10.4. The average molecular weight is 370 g/mol. The molecule has 0 saturated heterocycles. The number of carbonyl (C=O) groups excluding carboxylic acids is 1. The smallest absolute Gasteiger partial charge is 0.222 e. The van der Waals surface area contributed by atoms with Crippen LogP contribution in [0.15, 0.2) is 34.9 Å². The Kier molecular flexibility index (Phi) is 9.89. The first-order chi connectivity index (χ1) is 12.9. The van der Waals surface area contributed by atoms with Gasteiger partial charge in [0.1, 0.15) is 0 Å². The van der Waals surface area contributed by atoms with Gasteiger partial charge in [-0.3, -0.25) is 4.79 Å². The molecule has 1 aromatic carbocycles. The molecule has 2 unspecified atom stereocenters. The van der Waals surface area contributed by atoms with E-state index in [2.05, 4.69) is 25.9 Å². The lowest BCUT2D eigenvalue weighted by Gasteiger charge is -2.15. The van der Waals surface area contributed by atoms with Crippen molar-refractivity contribution in [1.29, 1.82) is 5.26 Å². The summed E-state index contributed by atoms with van der Waals surface area (Å²) in [6.45, 7) is 8.26. The van der Waals surface area contributed by atoms with Gasteiger partial charge in [-0.15, -0.1) is 0 Å². The van der Waals surface area contributed by atoms with E-state index in [4.69, 9.17) is 15.5 Å². The molecule has 0 aliphatic heterocycles. The van der Waals surface area contributed by atoms with Crippen LogP contribution in [0.5, 0.6) is 0 Å². The number of hydrogen-bond donors (Lipinski definition) is 1. The molecule has 0 aliphatic carbocycles. The number of hydrogen-bond acceptors (Lipinski definition) is 5. The van der Waals surface area contributed by atoms with E-state index in [-0.39, 0.29) is 5.78 Å². The Balaban J connectivity index is 0.000000289. The van der Waals surface area contributed by atoms with Crippen LogP contribution in [-0.4, -0.2) is 10.9 Å². The zero-order valence-corrected chi connectivity index (χ0v) is 16.9. The van der Waals surface area contributed by atoms with Crippen LogP contribution in [0.2, 0.25) is 0 Å². The highest BCUT2D eigenvalue weighted by molar-refractivity contribution is 5.94. The Morgan fingerprint density at radius 3 is 2.33 bits per heavy atom. The standard InChI is InChI=1S/C13H24N2O.C9H7NO/c1-4-6-11(8-7-10(3)5-2)12-9-13(14)16-15-12;1-7(11)9-4-2-8(6-10)3-5-9/h9-11H,4-8,14H2,1-3H3;2-5H,1H3. The normalized spacial score (nSPS) is 12.4. The van der Waals surface area contributed by atoms with Crippen molar-refractivity contribution >= 4 is 11.7 Å². The van der Waals surface area contributed by atoms with Crippen LogP contribution < -0.4 is 5.73 Å². The summed E-state index contributed by atoms with van der Waals surface area (Å²) in [5.41, 5.74) is 7.82. The second-order valence-electron chi connectivity index (χ2n) is 6.98. The molecule has 2 rings (SSSR count). The van der Waals surface area contributed by atoms with Crippen LogP contribution in [0, 0.1) is 17.2 Å². The minimum atomic E-state index is 0.0227. The number of rotatable bonds is 8. The topological polar surface area (TPSA) is 92.9 Å². The van der Waals surface area contributed by atoms with E-state index in [1.807, 2.05) is 12.1 Å². The zero-order chi connectivity index (χ0) is 20.2. The van der Waals surface area contributed by atoms with Crippen molar-refractivity contribution in [3.8, 4) is 6.07 Å². The molecule has 0 fully saturated rings. The molecule has 146 valence electrons. The third-order valence-electron chi connectivity index (χ3n) is 4.73. The Morgan fingerprint density at radius 1 is 1.22 bits per heavy atom. The Morgan fingerprint density at radius 2 is 1.89 bits per heavy atom. The number of ketones is 1. The van der Waals surface area contributed by atoms with Crippen LogP contribution in [0.3, 0.4) is 0 Å². The second kappa shape index (κ2) is 11.9. The Labute approximate surface area is 162 Å². The van der Waals surface area contributed by atoms with Gasteiger partial charge in [-0.05, 0) is 37.8 Å². The number of nitrogens with zero attached hydrogens (tertiary/aromatic N) is 2. The fourth-order valence-electron chi connectivity index (χ4n) is 2.75. The number of anilines is 1. The number of nitrogen functional groups attached to an aromatic ring is 1. The van der Waals surface area contributed by atoms with Gasteiger partial charge < -0.3 is 10.3 Å². The van der Waals surface area contributed by atoms with Crippen LogP contribution in [0.4, 0.5) is 5.88 Å². The number of aromatic nitrogens is 1. The van der Waals surface area contributed by atoms with Crippen LogP contribution >= 0.6 is 0 Å². The van der Waals surface area contributed by atoms with Crippen molar-refractivity contribution in [3.05, 3.63) is 47.2 Å². The van der Waals surface area contributed by atoms with Crippen molar-refractivity contribution < 1.29 is 9.32 Å². The molecule has 5 heteroatoms. The van der Waals surface area contributed by atoms with Gasteiger partial charge in [0.05, 0.1) is 17.3 Å². The van der Waals surface area contributed by atoms with Crippen molar-refractivity contribution in [3.63, 3.8) is 0 Å². The van der Waals surface area contributed by atoms with Crippen molar-refractivity contribution in [2.75, 3.05) is 5.73 Å². The van der Waals surface area contributed by atoms with Crippen molar-refractivity contribution in [2.24, 2.45) is 5.92 Å². The van der Waals surface area contributed by atoms with Crippen LogP contribution in [-0.2, 0) is 0 Å². The van der Waals surface area contributed by atoms with E-state index in [9.17, 15) is 4.79 Å². The number of nitriles is 1. The predicted octanol–water partition coefficient (Wildman–Crippen LogP) is 5.73. The third kappa shape index (κ3) is 8.08. The third-order valence-corrected chi connectivity index (χ3v) is 4.73. The molecule has 27 heavy (non-hydrogen) atoms. The first-order valence-corrected chi connectivity index (χ1v) is 9.64. The lowest BCUT2D eigenvalue weighted by Crippen LogP contribution is -2.02. The maximum atomic E-state index is 10.8. The predicted molar refractivity (Wildman–Crippen MR) is 108 cm³/mol. The summed E-state index contributed by atoms with van der Waals surface area (Å²) >= 11 is 0. The second-order valence-corrected chi connectivity index (χ2v) is 6.98. The summed E-state index contributed by atoms with van der Waals surface area (Å²) < 4.78 is 4.95. The van der Waals surface area contributed by atoms with Gasteiger partial charge in [-0.1, -0.05) is 57.3 Å². The number of Topliss-reactive ketones (excluding diaryl/α,β-unsaturated/α-hetero) is 1. The lowest BCUT2D eigenvalue weighted by molar-refractivity contribution is 0.101. The van der Waals surface area contributed by atoms with Gasteiger partial charge in [-0.25, -0.2) is 0 Å². The van der Waals surface area contributed by atoms with Gasteiger partial charge in [0.15, 0.2) is 5.78 Å². The number of carbonyl (C=O) groups is 1. The lowest BCUT2D eigenvalue weighted by atomic mass is 9.90. The summed E-state index contributed by atoms with van der Waals surface area (Å²) in [5, 5.41) is 12.5. The Bertz CT molecular complexity index is 729. The van der Waals surface area contributed by atoms with Crippen LogP contribution in [0.1, 0.15) is 87.3 Å². The molecule has 5 nitrogen and oxygen atoms in total. The van der Waals surface area contributed by atoms with Gasteiger partial charge in [0.2, 0.25) is 5.88 Å². The largest absolute Gasteiger partial charge is 0.368 e. The van der Waals surface area contributed by atoms with Crippen molar-refractivity contribution in [1.82, 2.24) is 5.16 Å². The minimum Gasteiger partial charge on any atom is -0.368 e. The van der Waals surface area contributed by atoms with Crippen LogP contribution in [0.25, 0.3) is 0 Å². The molecule has 0 amide bonds. The maximum Gasteiger partial charge on any atom is 0.222 e. The van der Waals surface area contributed by atoms with Gasteiger partial charge in [0, 0.05) is 17.5 Å². The van der Waals surface area contributed by atoms with E-state index in [1.54, 1.807) is 24.3 Å². The molecule has 2 N–H and O–H groups in total. The van der Waals surface area contributed by atoms with Gasteiger partial charge in [-0.2, -0.15) is 5.26 Å². The molecule has 1 heterocycles. The molecular formula is C22H31N3O2. The summed E-state index contributed by atoms with van der Waals surface area (Å²) in [7, 11) is 0. The van der Waals surface area contributed by atoms with Gasteiger partial charge in [0.25, 0.3) is 0 Å². The van der Waals surface area contributed by atoms with E-state index in [1.165, 1.54) is 39.0 Å². The highest BCUT2D eigenvalue weighted by Gasteiger charge is 2.16. The first-order valence-electron chi connectivity index (χ1n) is 9.64. The van der Waals surface area contributed by atoms with E-state index < -0.39 is 0 Å². The highest BCUT2D eigenvalue weighted by Crippen LogP contribution is 2.28. The van der Waals surface area contributed by atoms with E-state index in [0.717, 1.165) is 11.6 Å². The van der Waals surface area contributed by atoms with E-state index >= 15 is 0 Å². The molecule has 1 aromatic heterocycles. The Hall–Kier alpha value is -2.61. The quantitative estimate of drug-likeness (QED) is 0.600. The molecule has 0 radical (unpaired) electrons. The molecule has 2 aromatic rings. The molecule has 0 bridgehead atoms. The fourth-order valence-corrected chi connectivity index (χ4v) is 2.75. The summed E-state index contributed by atoms with van der Waals surface area (Å²) in [6.07, 6.45) is 6.04. The van der Waals surface area contributed by atoms with Crippen molar-refractivity contribution in [2.45, 2.75) is 65.7 Å². The maximum absolute atomic E-state index is 10.8. The van der Waals surface area contributed by atoms with E-state index in [0.29, 0.717) is 22.9 Å². The average Bonchev–Trinajstić information content (AvgIpc) is 3.11. The molecule has 0 saturated carbocycles. The highest BCUT2D eigenvalue weighted by atomic mass is 16.5. The molecule has 2 atom stereocenters. The fraction of sp³-hybridized carbons (Fsp3) is 0.500. The van der Waals surface area contributed by atoms with Gasteiger partial charge >= 0.3 is 0 Å². The minimum absolute atomic E-state index is 0.0227. The number of nitrogens with two attached hydrogens (primary N) is 1. The summed E-state index contributed by atoms with van der Waals surface area (Å²) in [4.78, 5) is 10.8.